The molecule has 1 aliphatic rings. The second kappa shape index (κ2) is 6.51. The Labute approximate surface area is 145 Å². The normalized spacial score (nSPS) is 17.6. The van der Waals surface area contributed by atoms with Crippen LogP contribution >= 0.6 is 0 Å². The number of nitrogens with zero attached hydrogens (tertiary/aromatic N) is 6. The van der Waals surface area contributed by atoms with Crippen molar-refractivity contribution in [1.82, 2.24) is 29.4 Å². The van der Waals surface area contributed by atoms with Crippen molar-refractivity contribution < 1.29 is 4.79 Å². The number of aryl methyl sites for hydroxylation is 1. The number of amides is 1. The maximum Gasteiger partial charge on any atom is 0.276 e. The zero-order chi connectivity index (χ0) is 17.2. The summed E-state index contributed by atoms with van der Waals surface area (Å²) in [7, 11) is 0. The van der Waals surface area contributed by atoms with Gasteiger partial charge in [-0.3, -0.25) is 4.79 Å². The van der Waals surface area contributed by atoms with Crippen molar-refractivity contribution in [2.45, 2.75) is 25.8 Å². The van der Waals surface area contributed by atoms with Crippen LogP contribution < -0.4 is 0 Å². The van der Waals surface area contributed by atoms with Crippen LogP contribution in [-0.2, 0) is 0 Å². The Morgan fingerprint density at radius 3 is 2.80 bits per heavy atom. The predicted molar refractivity (Wildman–Crippen MR) is 92.5 cm³/mol. The largest absolute Gasteiger partial charge is 0.335 e. The van der Waals surface area contributed by atoms with Gasteiger partial charge < -0.3 is 9.47 Å². The molecule has 0 N–H and O–H groups in total. The maximum atomic E-state index is 13.0. The molecule has 7 nitrogen and oxygen atoms in total. The summed E-state index contributed by atoms with van der Waals surface area (Å²) in [6.45, 7) is 3.26. The second-order valence-electron chi connectivity index (χ2n) is 6.32. The van der Waals surface area contributed by atoms with Crippen LogP contribution in [0, 0.1) is 6.92 Å². The van der Waals surface area contributed by atoms with Gasteiger partial charge in [-0.05, 0) is 31.9 Å². The second-order valence-corrected chi connectivity index (χ2v) is 6.32. The molecule has 25 heavy (non-hydrogen) atoms. The molecule has 1 atom stereocenters. The van der Waals surface area contributed by atoms with Crippen LogP contribution in [-0.4, -0.2) is 48.4 Å². The topological polar surface area (TPSA) is 68.8 Å². The van der Waals surface area contributed by atoms with E-state index in [0.717, 1.165) is 25.1 Å². The highest BCUT2D eigenvalue weighted by Gasteiger charge is 2.28. The van der Waals surface area contributed by atoms with Gasteiger partial charge in [0, 0.05) is 25.5 Å². The van der Waals surface area contributed by atoms with Crippen LogP contribution in [0.4, 0.5) is 0 Å². The van der Waals surface area contributed by atoms with Gasteiger partial charge in [0.05, 0.1) is 23.8 Å². The summed E-state index contributed by atoms with van der Waals surface area (Å²) in [6.07, 6.45) is 7.57. The van der Waals surface area contributed by atoms with E-state index in [4.69, 9.17) is 0 Å². The van der Waals surface area contributed by atoms with E-state index in [1.54, 1.807) is 6.20 Å². The number of imidazole rings is 1. The molecule has 0 radical (unpaired) electrons. The first-order valence-electron chi connectivity index (χ1n) is 8.48. The summed E-state index contributed by atoms with van der Waals surface area (Å²) in [5.41, 5.74) is 1.92. The highest BCUT2D eigenvalue weighted by atomic mass is 16.2. The third-order valence-corrected chi connectivity index (χ3v) is 4.60. The van der Waals surface area contributed by atoms with Gasteiger partial charge in [-0.25, -0.2) is 4.98 Å². The summed E-state index contributed by atoms with van der Waals surface area (Å²) in [5.74, 6) is -0.0514. The fourth-order valence-electron chi connectivity index (χ4n) is 3.27. The average Bonchev–Trinajstić information content (AvgIpc) is 3.32. The molecule has 0 bridgehead atoms. The van der Waals surface area contributed by atoms with Gasteiger partial charge in [0.2, 0.25) is 0 Å². The van der Waals surface area contributed by atoms with Crippen molar-refractivity contribution in [2.24, 2.45) is 0 Å². The van der Waals surface area contributed by atoms with Gasteiger partial charge in [-0.2, -0.15) is 9.90 Å². The van der Waals surface area contributed by atoms with E-state index < -0.39 is 0 Å². The summed E-state index contributed by atoms with van der Waals surface area (Å²) in [6, 6.07) is 9.90. The van der Waals surface area contributed by atoms with Gasteiger partial charge in [-0.15, -0.1) is 5.10 Å². The number of likely N-dealkylation sites (tertiary alicyclic amines) is 1. The third-order valence-electron chi connectivity index (χ3n) is 4.60. The molecule has 1 aliphatic heterocycles. The van der Waals surface area contributed by atoms with Crippen molar-refractivity contribution in [3.8, 4) is 5.69 Å². The minimum Gasteiger partial charge on any atom is -0.335 e. The van der Waals surface area contributed by atoms with E-state index >= 15 is 0 Å². The molecular formula is C18H20N6O. The van der Waals surface area contributed by atoms with Crippen molar-refractivity contribution in [2.75, 3.05) is 13.1 Å². The average molecular weight is 336 g/mol. The first-order valence-corrected chi connectivity index (χ1v) is 8.48. The standard InChI is InChI=1S/C18H20N6O/c1-14-17(21-24(20-14)15-6-3-2-4-7-15)18(25)22-10-5-8-16(12-22)23-11-9-19-13-23/h2-4,6-7,9,11,13,16H,5,8,10,12H2,1H3/t16-/m1/s1. The maximum absolute atomic E-state index is 13.0. The minimum absolute atomic E-state index is 0.0514. The zero-order valence-electron chi connectivity index (χ0n) is 14.1. The Kier molecular flexibility index (Phi) is 4.05. The molecule has 0 aliphatic carbocycles. The van der Waals surface area contributed by atoms with Crippen LogP contribution in [0.2, 0.25) is 0 Å². The van der Waals surface area contributed by atoms with Gasteiger partial charge in [0.1, 0.15) is 0 Å². The molecule has 2 aromatic heterocycles. The quantitative estimate of drug-likeness (QED) is 0.736. The van der Waals surface area contributed by atoms with Gasteiger partial charge in [0.15, 0.2) is 5.69 Å². The number of aromatic nitrogens is 5. The Hall–Kier alpha value is -2.96. The van der Waals surface area contributed by atoms with Crippen molar-refractivity contribution in [1.29, 1.82) is 0 Å². The van der Waals surface area contributed by atoms with E-state index in [9.17, 15) is 4.79 Å². The minimum atomic E-state index is -0.0514. The molecule has 1 aromatic carbocycles. The van der Waals surface area contributed by atoms with Gasteiger partial charge in [-0.1, -0.05) is 18.2 Å². The van der Waals surface area contributed by atoms with Crippen LogP contribution in [0.3, 0.4) is 0 Å². The lowest BCUT2D eigenvalue weighted by molar-refractivity contribution is 0.0672. The fourth-order valence-corrected chi connectivity index (χ4v) is 3.27. The summed E-state index contributed by atoms with van der Waals surface area (Å²) in [4.78, 5) is 20.5. The van der Waals surface area contributed by atoms with E-state index in [2.05, 4.69) is 19.7 Å². The number of benzene rings is 1. The highest BCUT2D eigenvalue weighted by Crippen LogP contribution is 2.23. The number of carbonyl (C=O) groups excluding carboxylic acids is 1. The fraction of sp³-hybridized carbons (Fsp3) is 0.333. The summed E-state index contributed by atoms with van der Waals surface area (Å²) < 4.78 is 2.08. The van der Waals surface area contributed by atoms with Crippen LogP contribution in [0.15, 0.2) is 49.1 Å². The monoisotopic (exact) mass is 336 g/mol. The predicted octanol–water partition coefficient (Wildman–Crippen LogP) is 2.25. The van der Waals surface area contributed by atoms with Crippen LogP contribution in [0.25, 0.3) is 5.69 Å². The molecule has 3 heterocycles. The molecule has 1 fully saturated rings. The third kappa shape index (κ3) is 3.05. The Balaban J connectivity index is 1.55. The van der Waals surface area contributed by atoms with E-state index in [1.165, 1.54) is 4.80 Å². The van der Waals surface area contributed by atoms with Crippen molar-refractivity contribution in [3.63, 3.8) is 0 Å². The summed E-state index contributed by atoms with van der Waals surface area (Å²) >= 11 is 0. The molecule has 4 rings (SSSR count). The smallest absolute Gasteiger partial charge is 0.276 e. The number of piperidine rings is 1. The summed E-state index contributed by atoms with van der Waals surface area (Å²) in [5, 5.41) is 8.85. The van der Waals surface area contributed by atoms with Crippen molar-refractivity contribution in [3.05, 3.63) is 60.4 Å². The van der Waals surface area contributed by atoms with Crippen LogP contribution in [0.1, 0.15) is 35.1 Å². The zero-order valence-corrected chi connectivity index (χ0v) is 14.1. The molecule has 0 saturated carbocycles. The molecule has 0 spiro atoms. The van der Waals surface area contributed by atoms with E-state index in [1.807, 2.05) is 54.7 Å². The molecule has 1 saturated heterocycles. The first-order chi connectivity index (χ1) is 12.2. The number of hydrogen-bond acceptors (Lipinski definition) is 4. The number of rotatable bonds is 3. The molecule has 7 heteroatoms. The van der Waals surface area contributed by atoms with Gasteiger partial charge in [0.25, 0.3) is 5.91 Å². The first kappa shape index (κ1) is 15.6. The highest BCUT2D eigenvalue weighted by molar-refractivity contribution is 5.93. The Morgan fingerprint density at radius 1 is 1.20 bits per heavy atom. The lowest BCUT2D eigenvalue weighted by Gasteiger charge is -2.33. The number of carbonyl (C=O) groups is 1. The lowest BCUT2D eigenvalue weighted by atomic mass is 10.1. The van der Waals surface area contributed by atoms with E-state index in [-0.39, 0.29) is 11.9 Å². The number of para-hydroxylation sites is 1. The van der Waals surface area contributed by atoms with Crippen molar-refractivity contribution >= 4 is 5.91 Å². The molecule has 3 aromatic rings. The molecule has 1 amide bonds. The molecule has 128 valence electrons. The lowest BCUT2D eigenvalue weighted by Crippen LogP contribution is -2.41. The van der Waals surface area contributed by atoms with E-state index in [0.29, 0.717) is 17.9 Å². The van der Waals surface area contributed by atoms with Gasteiger partial charge >= 0.3 is 0 Å². The Bertz CT molecular complexity index is 855. The molecule has 0 unspecified atom stereocenters. The van der Waals surface area contributed by atoms with Crippen LogP contribution in [0.5, 0.6) is 0 Å². The SMILES string of the molecule is Cc1nn(-c2ccccc2)nc1C(=O)N1CCC[C@@H](n2ccnc2)C1. The Morgan fingerprint density at radius 2 is 2.04 bits per heavy atom. The molecular weight excluding hydrogens is 316 g/mol. The number of hydrogen-bond donors (Lipinski definition) is 0.